The number of aromatic nitrogens is 2. The number of morpholine rings is 1. The molecule has 2 heterocycles. The molecule has 0 aliphatic carbocycles. The fraction of sp³-hybridized carbons (Fsp3) is 0.227. The zero-order valence-electron chi connectivity index (χ0n) is 18.1. The second-order valence-corrected chi connectivity index (χ2v) is 8.86. The molecular formula is C22H20BrCl2FN6O3. The minimum absolute atomic E-state index is 0.00517. The van der Waals surface area contributed by atoms with Gasteiger partial charge in [-0.15, -0.1) is 0 Å². The summed E-state index contributed by atoms with van der Waals surface area (Å²) >= 11 is 15.8. The molecule has 3 aromatic rings. The summed E-state index contributed by atoms with van der Waals surface area (Å²) in [5.41, 5.74) is 3.63. The number of para-hydroxylation sites is 1. The SMILES string of the molecule is Oc1c(/C=N/Nc2ncc(F)c(N3CCOCC3)n2)cc(Br)c(OCNc2ccccc2Cl)c1Cl. The van der Waals surface area contributed by atoms with E-state index in [0.717, 1.165) is 6.20 Å². The summed E-state index contributed by atoms with van der Waals surface area (Å²) in [6.07, 6.45) is 2.41. The number of phenolic OH excluding ortho intramolecular Hbond substituents is 1. The molecule has 9 nitrogen and oxygen atoms in total. The Balaban J connectivity index is 1.42. The number of hydrogen-bond donors (Lipinski definition) is 3. The van der Waals surface area contributed by atoms with Crippen molar-refractivity contribution in [3.05, 3.63) is 62.4 Å². The van der Waals surface area contributed by atoms with Crippen molar-refractivity contribution in [2.24, 2.45) is 5.10 Å². The molecule has 0 bridgehead atoms. The fourth-order valence-corrected chi connectivity index (χ4v) is 4.34. The van der Waals surface area contributed by atoms with Crippen LogP contribution >= 0.6 is 39.1 Å². The van der Waals surface area contributed by atoms with Gasteiger partial charge in [0.15, 0.2) is 24.1 Å². The average molecular weight is 586 g/mol. The van der Waals surface area contributed by atoms with Crippen LogP contribution in [-0.4, -0.2) is 54.3 Å². The molecule has 0 radical (unpaired) electrons. The van der Waals surface area contributed by atoms with Gasteiger partial charge in [0.25, 0.3) is 0 Å². The van der Waals surface area contributed by atoms with E-state index in [2.05, 4.69) is 41.7 Å². The van der Waals surface area contributed by atoms with Crippen LogP contribution in [0.4, 0.5) is 21.8 Å². The molecule has 1 fully saturated rings. The van der Waals surface area contributed by atoms with Gasteiger partial charge < -0.3 is 24.8 Å². The number of anilines is 3. The highest BCUT2D eigenvalue weighted by Gasteiger charge is 2.18. The maximum atomic E-state index is 14.2. The summed E-state index contributed by atoms with van der Waals surface area (Å²) in [4.78, 5) is 9.86. The zero-order valence-corrected chi connectivity index (χ0v) is 21.2. The molecule has 13 heteroatoms. The predicted molar refractivity (Wildman–Crippen MR) is 138 cm³/mol. The van der Waals surface area contributed by atoms with Crippen molar-refractivity contribution in [3.8, 4) is 11.5 Å². The van der Waals surface area contributed by atoms with Crippen LogP contribution in [0.2, 0.25) is 10.0 Å². The number of nitrogens with one attached hydrogen (secondary N) is 2. The molecular weight excluding hydrogens is 566 g/mol. The second kappa shape index (κ2) is 11.7. The van der Waals surface area contributed by atoms with Crippen molar-refractivity contribution < 1.29 is 19.0 Å². The van der Waals surface area contributed by atoms with Gasteiger partial charge in [-0.3, -0.25) is 0 Å². The number of hydrogen-bond acceptors (Lipinski definition) is 9. The third-order valence-electron chi connectivity index (χ3n) is 4.94. The van der Waals surface area contributed by atoms with E-state index in [-0.39, 0.29) is 35.0 Å². The molecule has 35 heavy (non-hydrogen) atoms. The van der Waals surface area contributed by atoms with Gasteiger partial charge in [0, 0.05) is 18.7 Å². The molecule has 0 spiro atoms. The average Bonchev–Trinajstić information content (AvgIpc) is 2.87. The van der Waals surface area contributed by atoms with E-state index in [0.29, 0.717) is 47.0 Å². The number of rotatable bonds is 8. The third kappa shape index (κ3) is 6.23. The Morgan fingerprint density at radius 2 is 2.06 bits per heavy atom. The summed E-state index contributed by atoms with van der Waals surface area (Å²) in [6.45, 7) is 2.10. The first-order valence-electron chi connectivity index (χ1n) is 10.4. The monoisotopic (exact) mass is 584 g/mol. The van der Waals surface area contributed by atoms with Crippen LogP contribution in [0.15, 0.2) is 46.1 Å². The van der Waals surface area contributed by atoms with E-state index >= 15 is 0 Å². The maximum Gasteiger partial charge on any atom is 0.245 e. The van der Waals surface area contributed by atoms with Crippen LogP contribution in [0.3, 0.4) is 0 Å². The van der Waals surface area contributed by atoms with Gasteiger partial charge >= 0.3 is 0 Å². The topological polar surface area (TPSA) is 104 Å². The van der Waals surface area contributed by atoms with E-state index in [1.54, 1.807) is 23.1 Å². The van der Waals surface area contributed by atoms with Gasteiger partial charge in [0.1, 0.15) is 10.8 Å². The van der Waals surface area contributed by atoms with E-state index in [9.17, 15) is 9.50 Å². The summed E-state index contributed by atoms with van der Waals surface area (Å²) in [5.74, 6) is -0.261. The van der Waals surface area contributed by atoms with E-state index < -0.39 is 5.82 Å². The maximum absolute atomic E-state index is 14.2. The summed E-state index contributed by atoms with van der Waals surface area (Å²) in [7, 11) is 0. The molecule has 0 atom stereocenters. The van der Waals surface area contributed by atoms with Gasteiger partial charge in [0.2, 0.25) is 5.95 Å². The smallest absolute Gasteiger partial charge is 0.245 e. The first-order valence-corrected chi connectivity index (χ1v) is 12.0. The number of ether oxygens (including phenoxy) is 2. The number of aromatic hydroxyl groups is 1. The van der Waals surface area contributed by atoms with Crippen LogP contribution in [0.25, 0.3) is 0 Å². The van der Waals surface area contributed by atoms with Gasteiger partial charge in [-0.05, 0) is 34.1 Å². The summed E-state index contributed by atoms with van der Waals surface area (Å²) in [6, 6.07) is 8.80. The van der Waals surface area contributed by atoms with E-state index in [1.165, 1.54) is 6.21 Å². The first-order chi connectivity index (χ1) is 16.9. The van der Waals surface area contributed by atoms with Gasteiger partial charge in [-0.25, -0.2) is 14.8 Å². The number of benzene rings is 2. The van der Waals surface area contributed by atoms with Crippen molar-refractivity contribution in [3.63, 3.8) is 0 Å². The molecule has 4 rings (SSSR count). The fourth-order valence-electron chi connectivity index (χ4n) is 3.20. The van der Waals surface area contributed by atoms with Crippen molar-refractivity contribution >= 4 is 62.8 Å². The van der Waals surface area contributed by atoms with Crippen LogP contribution in [-0.2, 0) is 4.74 Å². The van der Waals surface area contributed by atoms with E-state index in [4.69, 9.17) is 32.7 Å². The van der Waals surface area contributed by atoms with Crippen molar-refractivity contribution in [1.29, 1.82) is 0 Å². The second-order valence-electron chi connectivity index (χ2n) is 7.22. The van der Waals surface area contributed by atoms with Crippen molar-refractivity contribution in [2.45, 2.75) is 0 Å². The summed E-state index contributed by atoms with van der Waals surface area (Å²) < 4.78 is 25.6. The van der Waals surface area contributed by atoms with Crippen LogP contribution < -0.4 is 20.4 Å². The minimum atomic E-state index is -0.533. The lowest BCUT2D eigenvalue weighted by molar-refractivity contribution is 0.122. The van der Waals surface area contributed by atoms with Gasteiger partial charge in [-0.1, -0.05) is 35.3 Å². The molecule has 184 valence electrons. The Hall–Kier alpha value is -2.86. The molecule has 0 saturated carbocycles. The highest BCUT2D eigenvalue weighted by molar-refractivity contribution is 9.10. The highest BCUT2D eigenvalue weighted by atomic mass is 79.9. The minimum Gasteiger partial charge on any atom is -0.506 e. The largest absolute Gasteiger partial charge is 0.506 e. The van der Waals surface area contributed by atoms with Crippen LogP contribution in [0.1, 0.15) is 5.56 Å². The van der Waals surface area contributed by atoms with E-state index in [1.807, 2.05) is 12.1 Å². The number of phenols is 1. The quantitative estimate of drug-likeness (QED) is 0.190. The van der Waals surface area contributed by atoms with Crippen molar-refractivity contribution in [1.82, 2.24) is 9.97 Å². The first kappa shape index (κ1) is 25.2. The predicted octanol–water partition coefficient (Wildman–Crippen LogP) is 5.12. The molecule has 3 N–H and O–H groups in total. The van der Waals surface area contributed by atoms with Crippen LogP contribution in [0.5, 0.6) is 11.5 Å². The molecule has 1 aliphatic heterocycles. The standard InChI is InChI=1S/C22H20BrCl2FN6O3/c23-14-9-13(19(33)18(25)20(14)35-12-28-17-4-2-1-3-15(17)24)10-29-31-22-27-11-16(26)21(30-22)32-5-7-34-8-6-32/h1-4,9-11,28,33H,5-8,12H2,(H,27,30,31)/b29-10+. The molecule has 0 amide bonds. The Kier molecular flexibility index (Phi) is 8.45. The normalized spacial score (nSPS) is 13.8. The zero-order chi connectivity index (χ0) is 24.8. The number of hydrazone groups is 1. The van der Waals surface area contributed by atoms with Crippen molar-refractivity contribution in [2.75, 3.05) is 48.7 Å². The molecule has 1 aromatic heterocycles. The summed E-state index contributed by atoms with van der Waals surface area (Å²) in [5, 5.41) is 18.1. The molecule has 2 aromatic carbocycles. The molecule has 1 aliphatic rings. The third-order valence-corrected chi connectivity index (χ3v) is 6.21. The number of nitrogens with zero attached hydrogens (tertiary/aromatic N) is 4. The van der Waals surface area contributed by atoms with Gasteiger partial charge in [0.05, 0.1) is 40.8 Å². The molecule has 0 unspecified atom stereocenters. The lowest BCUT2D eigenvalue weighted by atomic mass is 10.2. The molecule has 1 saturated heterocycles. The Morgan fingerprint density at radius 1 is 1.29 bits per heavy atom. The Morgan fingerprint density at radius 3 is 2.83 bits per heavy atom. The Labute approximate surface area is 219 Å². The van der Waals surface area contributed by atoms with Gasteiger partial charge in [-0.2, -0.15) is 10.1 Å². The Bertz CT molecular complexity index is 1230. The lowest BCUT2D eigenvalue weighted by Gasteiger charge is -2.27. The van der Waals surface area contributed by atoms with Crippen LogP contribution in [0, 0.1) is 5.82 Å². The lowest BCUT2D eigenvalue weighted by Crippen LogP contribution is -2.37. The number of halogens is 4. The highest BCUT2D eigenvalue weighted by Crippen LogP contribution is 2.41.